The Balaban J connectivity index is 2.77. The van der Waals surface area contributed by atoms with E-state index in [1.165, 1.54) is 11.0 Å². The molecule has 0 atom stereocenters. The summed E-state index contributed by atoms with van der Waals surface area (Å²) in [5.74, 6) is 5.94. The van der Waals surface area contributed by atoms with Gasteiger partial charge in [-0.05, 0) is 5.92 Å². The highest BCUT2D eigenvalue weighted by Crippen LogP contribution is 2.18. The molecule has 0 aliphatic carbocycles. The van der Waals surface area contributed by atoms with Gasteiger partial charge in [-0.25, -0.2) is 19.6 Å². The van der Waals surface area contributed by atoms with Gasteiger partial charge in [0, 0.05) is 0 Å². The first kappa shape index (κ1) is 7.97. The fraction of sp³-hybridized carbons (Fsp3) is 0.375. The van der Waals surface area contributed by atoms with Crippen molar-refractivity contribution >= 4 is 11.2 Å². The fourth-order valence-electron chi connectivity index (χ4n) is 1.29. The summed E-state index contributed by atoms with van der Waals surface area (Å²) in [6, 6.07) is 0. The van der Waals surface area contributed by atoms with Gasteiger partial charge in [0.15, 0.2) is 5.65 Å². The van der Waals surface area contributed by atoms with Crippen LogP contribution >= 0.6 is 0 Å². The van der Waals surface area contributed by atoms with E-state index in [2.05, 4.69) is 28.8 Å². The van der Waals surface area contributed by atoms with Crippen molar-refractivity contribution in [2.45, 2.75) is 19.8 Å². The number of hydrogen-bond donors (Lipinski definition) is 1. The Labute approximate surface area is 75.6 Å². The van der Waals surface area contributed by atoms with E-state index in [0.717, 1.165) is 11.2 Å². The molecule has 68 valence electrons. The first-order valence-electron chi connectivity index (χ1n) is 4.13. The molecule has 5 heteroatoms. The molecular formula is C8H11N5. The van der Waals surface area contributed by atoms with Crippen LogP contribution in [-0.4, -0.2) is 19.6 Å². The first-order valence-corrected chi connectivity index (χ1v) is 4.13. The molecule has 13 heavy (non-hydrogen) atoms. The molecule has 0 aliphatic rings. The van der Waals surface area contributed by atoms with Gasteiger partial charge in [-0.2, -0.15) is 0 Å². The quantitative estimate of drug-likeness (QED) is 0.650. The van der Waals surface area contributed by atoms with E-state index in [9.17, 15) is 0 Å². The van der Waals surface area contributed by atoms with E-state index in [4.69, 9.17) is 5.84 Å². The van der Waals surface area contributed by atoms with Crippen molar-refractivity contribution in [1.82, 2.24) is 19.6 Å². The van der Waals surface area contributed by atoms with E-state index < -0.39 is 0 Å². The van der Waals surface area contributed by atoms with E-state index >= 15 is 0 Å². The smallest absolute Gasteiger partial charge is 0.181 e. The van der Waals surface area contributed by atoms with Crippen LogP contribution in [-0.2, 0) is 0 Å². The monoisotopic (exact) mass is 177 g/mol. The topological polar surface area (TPSA) is 69.6 Å². The van der Waals surface area contributed by atoms with Crippen molar-refractivity contribution in [1.29, 1.82) is 0 Å². The third kappa shape index (κ3) is 1.12. The van der Waals surface area contributed by atoms with Gasteiger partial charge in [-0.1, -0.05) is 13.8 Å². The summed E-state index contributed by atoms with van der Waals surface area (Å²) in [6.45, 7) is 4.13. The molecule has 2 aromatic heterocycles. The zero-order valence-electron chi connectivity index (χ0n) is 7.60. The maximum atomic E-state index is 5.61. The molecule has 0 amide bonds. The number of aromatic nitrogens is 4. The predicted octanol–water partition coefficient (Wildman–Crippen LogP) is 0.664. The van der Waals surface area contributed by atoms with Crippen molar-refractivity contribution in [3.63, 3.8) is 0 Å². The molecule has 2 N–H and O–H groups in total. The minimum absolute atomic E-state index is 0.334. The summed E-state index contributed by atoms with van der Waals surface area (Å²) in [6.07, 6.45) is 3.06. The third-order valence-electron chi connectivity index (χ3n) is 1.93. The van der Waals surface area contributed by atoms with Gasteiger partial charge in [0.05, 0.1) is 5.69 Å². The summed E-state index contributed by atoms with van der Waals surface area (Å²) < 4.78 is 1.41. The van der Waals surface area contributed by atoms with E-state index in [1.807, 2.05) is 0 Å². The van der Waals surface area contributed by atoms with Crippen LogP contribution in [0.5, 0.6) is 0 Å². The molecule has 0 saturated carbocycles. The second-order valence-corrected chi connectivity index (χ2v) is 3.24. The lowest BCUT2D eigenvalue weighted by molar-refractivity contribution is 0.824. The average Bonchev–Trinajstić information content (AvgIpc) is 2.48. The van der Waals surface area contributed by atoms with Crippen molar-refractivity contribution in [3.05, 3.63) is 18.3 Å². The van der Waals surface area contributed by atoms with E-state index in [0.29, 0.717) is 11.6 Å². The van der Waals surface area contributed by atoms with Gasteiger partial charge in [-0.15, -0.1) is 0 Å². The third-order valence-corrected chi connectivity index (χ3v) is 1.93. The maximum Gasteiger partial charge on any atom is 0.181 e. The molecule has 2 heterocycles. The van der Waals surface area contributed by atoms with E-state index in [-0.39, 0.29) is 0 Å². The van der Waals surface area contributed by atoms with Crippen molar-refractivity contribution < 1.29 is 0 Å². The highest BCUT2D eigenvalue weighted by Gasteiger charge is 2.10. The Bertz CT molecular complexity index is 431. The first-order chi connectivity index (χ1) is 6.20. The Morgan fingerprint density at radius 3 is 2.77 bits per heavy atom. The van der Waals surface area contributed by atoms with Gasteiger partial charge in [-0.3, -0.25) is 0 Å². The van der Waals surface area contributed by atoms with Crippen LogP contribution in [0.15, 0.2) is 12.7 Å². The molecule has 0 spiro atoms. The number of fused-ring (bicyclic) bond motifs is 1. The maximum absolute atomic E-state index is 5.61. The SMILES string of the molecule is CC(C)c1ncnc2c1ncn2N. The van der Waals surface area contributed by atoms with Crippen LogP contribution in [0, 0.1) is 0 Å². The molecular weight excluding hydrogens is 166 g/mol. The Kier molecular flexibility index (Phi) is 1.65. The normalized spacial score (nSPS) is 11.3. The molecule has 0 aromatic carbocycles. The number of nitrogen functional groups attached to an aromatic ring is 1. The minimum atomic E-state index is 0.334. The molecule has 0 aliphatic heterocycles. The number of rotatable bonds is 1. The molecule has 2 rings (SSSR count). The summed E-state index contributed by atoms with van der Waals surface area (Å²) in [7, 11) is 0. The standard InChI is InChI=1S/C8H11N5/c1-5(2)6-7-8(11-3-10-6)13(9)4-12-7/h3-5H,9H2,1-2H3. The molecule has 0 fully saturated rings. The average molecular weight is 177 g/mol. The van der Waals surface area contributed by atoms with Gasteiger partial charge < -0.3 is 5.84 Å². The molecule has 0 radical (unpaired) electrons. The number of imidazole rings is 1. The van der Waals surface area contributed by atoms with Crippen LogP contribution in [0.1, 0.15) is 25.5 Å². The van der Waals surface area contributed by atoms with Crippen LogP contribution < -0.4 is 5.84 Å². The van der Waals surface area contributed by atoms with E-state index in [1.54, 1.807) is 6.33 Å². The zero-order chi connectivity index (χ0) is 9.42. The highest BCUT2D eigenvalue weighted by atomic mass is 15.3. The minimum Gasteiger partial charge on any atom is -0.336 e. The summed E-state index contributed by atoms with van der Waals surface area (Å²) >= 11 is 0. The van der Waals surface area contributed by atoms with Crippen LogP contribution in [0.4, 0.5) is 0 Å². The molecule has 0 unspecified atom stereocenters. The van der Waals surface area contributed by atoms with Crippen molar-refractivity contribution in [3.8, 4) is 0 Å². The molecule has 2 aromatic rings. The molecule has 0 saturated heterocycles. The lowest BCUT2D eigenvalue weighted by Crippen LogP contribution is -2.07. The van der Waals surface area contributed by atoms with Crippen LogP contribution in [0.3, 0.4) is 0 Å². The van der Waals surface area contributed by atoms with Crippen LogP contribution in [0.2, 0.25) is 0 Å². The summed E-state index contributed by atoms with van der Waals surface area (Å²) in [5, 5.41) is 0. The van der Waals surface area contributed by atoms with Gasteiger partial charge in [0.25, 0.3) is 0 Å². The number of nitrogens with zero attached hydrogens (tertiary/aromatic N) is 4. The highest BCUT2D eigenvalue weighted by molar-refractivity contribution is 5.73. The van der Waals surface area contributed by atoms with Gasteiger partial charge in [0.2, 0.25) is 0 Å². The Hall–Kier alpha value is -1.65. The van der Waals surface area contributed by atoms with Crippen molar-refractivity contribution in [2.24, 2.45) is 0 Å². The predicted molar refractivity (Wildman–Crippen MR) is 49.6 cm³/mol. The number of hydrogen-bond acceptors (Lipinski definition) is 4. The second-order valence-electron chi connectivity index (χ2n) is 3.24. The van der Waals surface area contributed by atoms with Gasteiger partial charge in [0.1, 0.15) is 18.2 Å². The Morgan fingerprint density at radius 2 is 2.08 bits per heavy atom. The van der Waals surface area contributed by atoms with Crippen molar-refractivity contribution in [2.75, 3.05) is 5.84 Å². The summed E-state index contributed by atoms with van der Waals surface area (Å²) in [4.78, 5) is 12.4. The zero-order valence-corrected chi connectivity index (χ0v) is 7.60. The molecule has 5 nitrogen and oxygen atoms in total. The number of nitrogens with two attached hydrogens (primary N) is 1. The molecule has 0 bridgehead atoms. The lowest BCUT2D eigenvalue weighted by atomic mass is 10.1. The van der Waals surface area contributed by atoms with Crippen LogP contribution in [0.25, 0.3) is 11.2 Å². The Morgan fingerprint density at radius 1 is 1.31 bits per heavy atom. The lowest BCUT2D eigenvalue weighted by Gasteiger charge is -2.03. The fourth-order valence-corrected chi connectivity index (χ4v) is 1.29. The van der Waals surface area contributed by atoms with Gasteiger partial charge >= 0.3 is 0 Å². The summed E-state index contributed by atoms with van der Waals surface area (Å²) in [5.41, 5.74) is 2.41. The second kappa shape index (κ2) is 2.69. The largest absolute Gasteiger partial charge is 0.336 e.